The van der Waals surface area contributed by atoms with Gasteiger partial charge in [0.05, 0.1) is 13.2 Å². The molecule has 0 saturated heterocycles. The summed E-state index contributed by atoms with van der Waals surface area (Å²) in [6.45, 7) is 4.46. The van der Waals surface area contributed by atoms with E-state index in [-0.39, 0.29) is 17.9 Å². The highest BCUT2D eigenvalue weighted by atomic mass is 16.5. The van der Waals surface area contributed by atoms with Crippen molar-refractivity contribution in [1.82, 2.24) is 10.3 Å². The van der Waals surface area contributed by atoms with E-state index in [9.17, 15) is 4.79 Å². The number of nitrogens with one attached hydrogen (secondary N) is 1. The SMILES string of the molecule is COc1ccc(CNC(C(N)=O)C(C)C)cn1. The number of nitrogens with two attached hydrogens (primary N) is 1. The van der Waals surface area contributed by atoms with Crippen LogP contribution in [0.15, 0.2) is 18.3 Å². The second kappa shape index (κ2) is 6.20. The number of pyridine rings is 1. The fraction of sp³-hybridized carbons (Fsp3) is 0.500. The highest BCUT2D eigenvalue weighted by Crippen LogP contribution is 2.07. The van der Waals surface area contributed by atoms with Gasteiger partial charge >= 0.3 is 0 Å². The van der Waals surface area contributed by atoms with Crippen molar-refractivity contribution < 1.29 is 9.53 Å². The molecule has 94 valence electrons. The molecule has 1 aromatic heterocycles. The Morgan fingerprint density at radius 2 is 2.24 bits per heavy atom. The number of hydrogen-bond acceptors (Lipinski definition) is 4. The number of rotatable bonds is 6. The number of ether oxygens (including phenoxy) is 1. The van der Waals surface area contributed by atoms with E-state index in [1.807, 2.05) is 19.9 Å². The van der Waals surface area contributed by atoms with Crippen LogP contribution in [-0.2, 0) is 11.3 Å². The van der Waals surface area contributed by atoms with Crippen LogP contribution in [0.5, 0.6) is 5.88 Å². The number of amides is 1. The highest BCUT2D eigenvalue weighted by Gasteiger charge is 2.18. The van der Waals surface area contributed by atoms with Gasteiger partial charge in [0.25, 0.3) is 0 Å². The summed E-state index contributed by atoms with van der Waals surface area (Å²) in [6, 6.07) is 3.36. The summed E-state index contributed by atoms with van der Waals surface area (Å²) < 4.78 is 4.97. The van der Waals surface area contributed by atoms with E-state index in [1.165, 1.54) is 0 Å². The molecular formula is C12H19N3O2. The third-order valence-corrected chi connectivity index (χ3v) is 2.51. The van der Waals surface area contributed by atoms with Crippen LogP contribution in [-0.4, -0.2) is 24.0 Å². The van der Waals surface area contributed by atoms with Crippen LogP contribution in [0.3, 0.4) is 0 Å². The lowest BCUT2D eigenvalue weighted by molar-refractivity contribution is -0.121. The molecule has 1 rings (SSSR count). The number of nitrogens with zero attached hydrogens (tertiary/aromatic N) is 1. The average molecular weight is 237 g/mol. The molecule has 17 heavy (non-hydrogen) atoms. The molecule has 3 N–H and O–H groups in total. The number of carbonyl (C=O) groups is 1. The lowest BCUT2D eigenvalue weighted by Crippen LogP contribution is -2.44. The van der Waals surface area contributed by atoms with Gasteiger partial charge in [-0.2, -0.15) is 0 Å². The van der Waals surface area contributed by atoms with Crippen molar-refractivity contribution in [1.29, 1.82) is 0 Å². The maximum Gasteiger partial charge on any atom is 0.234 e. The summed E-state index contributed by atoms with van der Waals surface area (Å²) in [6.07, 6.45) is 1.71. The Bertz CT molecular complexity index is 363. The van der Waals surface area contributed by atoms with E-state index < -0.39 is 0 Å². The van der Waals surface area contributed by atoms with E-state index in [0.717, 1.165) is 5.56 Å². The molecular weight excluding hydrogens is 218 g/mol. The van der Waals surface area contributed by atoms with Crippen LogP contribution in [0.25, 0.3) is 0 Å². The van der Waals surface area contributed by atoms with E-state index in [0.29, 0.717) is 12.4 Å². The molecule has 0 aliphatic heterocycles. The van der Waals surface area contributed by atoms with Gasteiger partial charge in [0, 0.05) is 18.8 Å². The Balaban J connectivity index is 2.56. The molecule has 0 aromatic carbocycles. The number of carbonyl (C=O) groups excluding carboxylic acids is 1. The Labute approximate surface area is 101 Å². The predicted molar refractivity (Wildman–Crippen MR) is 65.4 cm³/mol. The molecule has 5 heteroatoms. The summed E-state index contributed by atoms with van der Waals surface area (Å²) in [4.78, 5) is 15.3. The van der Waals surface area contributed by atoms with Gasteiger partial charge < -0.3 is 15.8 Å². The van der Waals surface area contributed by atoms with Gasteiger partial charge in [0.15, 0.2) is 0 Å². The maximum absolute atomic E-state index is 11.2. The summed E-state index contributed by atoms with van der Waals surface area (Å²) in [5.74, 6) is 0.407. The van der Waals surface area contributed by atoms with Gasteiger partial charge in [-0.05, 0) is 11.5 Å². The first-order chi connectivity index (χ1) is 8.04. The average Bonchev–Trinajstić information content (AvgIpc) is 2.29. The molecule has 1 amide bonds. The normalized spacial score (nSPS) is 12.5. The third-order valence-electron chi connectivity index (χ3n) is 2.51. The Kier molecular flexibility index (Phi) is 4.90. The van der Waals surface area contributed by atoms with Crippen molar-refractivity contribution >= 4 is 5.91 Å². The first-order valence-corrected chi connectivity index (χ1v) is 5.56. The number of hydrogen-bond donors (Lipinski definition) is 2. The maximum atomic E-state index is 11.2. The van der Waals surface area contributed by atoms with Gasteiger partial charge in [-0.3, -0.25) is 4.79 Å². The molecule has 0 aliphatic carbocycles. The van der Waals surface area contributed by atoms with E-state index >= 15 is 0 Å². The zero-order valence-corrected chi connectivity index (χ0v) is 10.4. The lowest BCUT2D eigenvalue weighted by atomic mass is 10.0. The second-order valence-corrected chi connectivity index (χ2v) is 4.21. The first kappa shape index (κ1) is 13.4. The number of methoxy groups -OCH3 is 1. The van der Waals surface area contributed by atoms with Crippen LogP contribution < -0.4 is 15.8 Å². The summed E-state index contributed by atoms with van der Waals surface area (Å²) in [7, 11) is 1.57. The molecule has 0 aliphatic rings. The smallest absolute Gasteiger partial charge is 0.234 e. The highest BCUT2D eigenvalue weighted by molar-refractivity contribution is 5.80. The summed E-state index contributed by atoms with van der Waals surface area (Å²) in [5.41, 5.74) is 6.29. The molecule has 5 nitrogen and oxygen atoms in total. The van der Waals surface area contributed by atoms with Crippen molar-refractivity contribution in [3.05, 3.63) is 23.9 Å². The van der Waals surface area contributed by atoms with Crippen molar-refractivity contribution in [3.8, 4) is 5.88 Å². The summed E-state index contributed by atoms with van der Waals surface area (Å²) >= 11 is 0. The van der Waals surface area contributed by atoms with Gasteiger partial charge in [-0.25, -0.2) is 4.98 Å². The molecule has 0 fully saturated rings. The van der Waals surface area contributed by atoms with Gasteiger partial charge in [0.2, 0.25) is 11.8 Å². The first-order valence-electron chi connectivity index (χ1n) is 5.56. The molecule has 1 unspecified atom stereocenters. The minimum Gasteiger partial charge on any atom is -0.481 e. The van der Waals surface area contributed by atoms with Gasteiger partial charge in [-0.1, -0.05) is 19.9 Å². The number of aromatic nitrogens is 1. The quantitative estimate of drug-likeness (QED) is 0.763. The Morgan fingerprint density at radius 1 is 1.53 bits per heavy atom. The Hall–Kier alpha value is -1.62. The molecule has 1 aromatic rings. The zero-order valence-electron chi connectivity index (χ0n) is 10.4. The van der Waals surface area contributed by atoms with Crippen molar-refractivity contribution in [3.63, 3.8) is 0 Å². The van der Waals surface area contributed by atoms with Gasteiger partial charge in [0.1, 0.15) is 0 Å². The summed E-state index contributed by atoms with van der Waals surface area (Å²) in [5, 5.41) is 3.12. The molecule has 0 bridgehead atoms. The van der Waals surface area contributed by atoms with E-state index in [1.54, 1.807) is 19.4 Å². The fourth-order valence-corrected chi connectivity index (χ4v) is 1.53. The molecule has 1 atom stereocenters. The molecule has 1 heterocycles. The van der Waals surface area contributed by atoms with Crippen LogP contribution >= 0.6 is 0 Å². The zero-order chi connectivity index (χ0) is 12.8. The van der Waals surface area contributed by atoms with Crippen LogP contribution in [0.1, 0.15) is 19.4 Å². The minimum absolute atomic E-state index is 0.165. The molecule has 0 saturated carbocycles. The van der Waals surface area contributed by atoms with Crippen molar-refractivity contribution in [2.75, 3.05) is 7.11 Å². The van der Waals surface area contributed by atoms with E-state index in [2.05, 4.69) is 10.3 Å². The monoisotopic (exact) mass is 237 g/mol. The fourth-order valence-electron chi connectivity index (χ4n) is 1.53. The lowest BCUT2D eigenvalue weighted by Gasteiger charge is -2.18. The van der Waals surface area contributed by atoms with Crippen molar-refractivity contribution in [2.24, 2.45) is 11.7 Å². The van der Waals surface area contributed by atoms with Gasteiger partial charge in [-0.15, -0.1) is 0 Å². The predicted octanol–water partition coefficient (Wildman–Crippen LogP) is 0.690. The van der Waals surface area contributed by atoms with Crippen LogP contribution in [0, 0.1) is 5.92 Å². The minimum atomic E-state index is -0.332. The molecule has 0 spiro atoms. The Morgan fingerprint density at radius 3 is 2.65 bits per heavy atom. The third kappa shape index (κ3) is 4.03. The van der Waals surface area contributed by atoms with Crippen LogP contribution in [0.4, 0.5) is 0 Å². The number of primary amides is 1. The molecule has 0 radical (unpaired) electrons. The topological polar surface area (TPSA) is 77.2 Å². The standard InChI is InChI=1S/C12H19N3O2/c1-8(2)11(12(13)16)15-7-9-4-5-10(17-3)14-6-9/h4-6,8,11,15H,7H2,1-3H3,(H2,13,16). The van der Waals surface area contributed by atoms with Crippen molar-refractivity contribution in [2.45, 2.75) is 26.4 Å². The second-order valence-electron chi connectivity index (χ2n) is 4.21. The van der Waals surface area contributed by atoms with Crippen LogP contribution in [0.2, 0.25) is 0 Å². The largest absolute Gasteiger partial charge is 0.481 e. The van der Waals surface area contributed by atoms with E-state index in [4.69, 9.17) is 10.5 Å².